The highest BCUT2D eigenvalue weighted by Gasteiger charge is 2.45. The zero-order valence-electron chi connectivity index (χ0n) is 15.5. The molecule has 2 aromatic heterocycles. The van der Waals surface area contributed by atoms with Gasteiger partial charge in [-0.3, -0.25) is 19.5 Å². The third-order valence-electron chi connectivity index (χ3n) is 4.55. The minimum absolute atomic E-state index is 0.0223. The van der Waals surface area contributed by atoms with Crippen LogP contribution in [0.2, 0.25) is 0 Å². The number of carbonyl (C=O) groups is 2. The summed E-state index contributed by atoms with van der Waals surface area (Å²) in [6.07, 6.45) is -2.02. The first-order valence-corrected chi connectivity index (χ1v) is 9.75. The number of aliphatic hydroxyl groups is 1. The number of hydrogen-bond donors (Lipinski definition) is 1. The van der Waals surface area contributed by atoms with Crippen LogP contribution in [0.25, 0.3) is 0 Å². The fourth-order valence-electron chi connectivity index (χ4n) is 3.34. The number of Topliss-reactive ketones (excluding diaryl/α,β-unsaturated/α-hetero) is 1. The first kappa shape index (κ1) is 20.6. The molecule has 31 heavy (non-hydrogen) atoms. The topological polar surface area (TPSA) is 79.7 Å². The Morgan fingerprint density at radius 3 is 2.52 bits per heavy atom. The Labute approximate surface area is 177 Å². The maximum atomic E-state index is 13.1. The molecule has 1 aliphatic heterocycles. The second-order valence-corrected chi connectivity index (χ2v) is 7.42. The van der Waals surface area contributed by atoms with E-state index < -0.39 is 35.6 Å². The summed E-state index contributed by atoms with van der Waals surface area (Å²) < 4.78 is 41.9. The van der Waals surface area contributed by atoms with Crippen molar-refractivity contribution in [2.75, 3.05) is 4.90 Å². The number of carbonyl (C=O) groups excluding carboxylic acids is 2. The lowest BCUT2D eigenvalue weighted by atomic mass is 9.96. The fourth-order valence-corrected chi connectivity index (χ4v) is 4.01. The predicted octanol–water partition coefficient (Wildman–Crippen LogP) is 4.82. The second-order valence-electron chi connectivity index (χ2n) is 6.47. The maximum absolute atomic E-state index is 13.1. The number of halogens is 3. The number of ether oxygens (including phenoxy) is 1. The average Bonchev–Trinajstić information content (AvgIpc) is 3.35. The van der Waals surface area contributed by atoms with E-state index in [1.54, 1.807) is 29.6 Å². The van der Waals surface area contributed by atoms with E-state index in [2.05, 4.69) is 9.72 Å². The number of alkyl halides is 3. The van der Waals surface area contributed by atoms with Crippen molar-refractivity contribution in [2.24, 2.45) is 0 Å². The fraction of sp³-hybridized carbons (Fsp3) is 0.0952. The van der Waals surface area contributed by atoms with Crippen LogP contribution in [0.1, 0.15) is 21.3 Å². The lowest BCUT2D eigenvalue weighted by Gasteiger charge is -2.27. The van der Waals surface area contributed by atoms with E-state index in [1.165, 1.54) is 24.5 Å². The molecule has 1 aromatic carbocycles. The van der Waals surface area contributed by atoms with Crippen LogP contribution in [-0.4, -0.2) is 28.1 Å². The molecule has 0 radical (unpaired) electrons. The normalized spacial score (nSPS) is 16.7. The number of benzene rings is 1. The first-order chi connectivity index (χ1) is 14.8. The summed E-state index contributed by atoms with van der Waals surface area (Å²) in [5.74, 6) is -2.76. The molecule has 1 amide bonds. The van der Waals surface area contributed by atoms with Gasteiger partial charge in [0.2, 0.25) is 5.78 Å². The molecule has 3 heterocycles. The molecule has 0 saturated heterocycles. The number of aliphatic hydroxyl groups excluding tert-OH is 1. The monoisotopic (exact) mass is 446 g/mol. The maximum Gasteiger partial charge on any atom is 0.573 e. The van der Waals surface area contributed by atoms with Crippen molar-refractivity contribution in [1.82, 2.24) is 4.98 Å². The minimum atomic E-state index is -4.92. The van der Waals surface area contributed by atoms with Gasteiger partial charge < -0.3 is 9.84 Å². The Kier molecular flexibility index (Phi) is 5.24. The molecule has 0 spiro atoms. The van der Waals surface area contributed by atoms with E-state index in [0.29, 0.717) is 10.4 Å². The molecule has 1 atom stereocenters. The molecule has 6 nitrogen and oxygen atoms in total. The molecule has 0 saturated carbocycles. The van der Waals surface area contributed by atoms with Crippen LogP contribution in [0.3, 0.4) is 0 Å². The van der Waals surface area contributed by atoms with E-state index in [9.17, 15) is 27.9 Å². The van der Waals surface area contributed by atoms with Gasteiger partial charge in [0.1, 0.15) is 5.75 Å². The van der Waals surface area contributed by atoms with Gasteiger partial charge in [-0.05, 0) is 41.3 Å². The van der Waals surface area contributed by atoms with Crippen molar-refractivity contribution < 1.29 is 32.6 Å². The number of thiophene rings is 1. The highest BCUT2D eigenvalue weighted by atomic mass is 32.1. The SMILES string of the molecule is O=C(C1=C(O)C(=O)N(c2cccc(OC(F)(F)F)c2)C1c1ccncc1)c1cccs1. The summed E-state index contributed by atoms with van der Waals surface area (Å²) in [5, 5.41) is 12.3. The van der Waals surface area contributed by atoms with Crippen molar-refractivity contribution in [2.45, 2.75) is 12.4 Å². The van der Waals surface area contributed by atoms with Crippen LogP contribution in [0.5, 0.6) is 5.75 Å². The van der Waals surface area contributed by atoms with Crippen LogP contribution in [0.15, 0.2) is 77.6 Å². The Morgan fingerprint density at radius 1 is 1.13 bits per heavy atom. The standard InChI is InChI=1S/C21H13F3N2O4S/c22-21(23,24)30-14-4-1-3-13(11-14)26-17(12-6-8-25-9-7-12)16(19(28)20(26)29)18(27)15-5-2-10-31-15/h1-11,17,28H. The molecular formula is C21H13F3N2O4S. The smallest absolute Gasteiger partial charge is 0.503 e. The predicted molar refractivity (Wildman–Crippen MR) is 106 cm³/mol. The van der Waals surface area contributed by atoms with Crippen LogP contribution in [0, 0.1) is 0 Å². The number of rotatable bonds is 5. The van der Waals surface area contributed by atoms with Gasteiger partial charge in [0, 0.05) is 24.1 Å². The minimum Gasteiger partial charge on any atom is -0.503 e. The molecule has 158 valence electrons. The van der Waals surface area contributed by atoms with E-state index in [1.807, 2.05) is 0 Å². The third kappa shape index (κ3) is 4.02. The molecule has 4 rings (SSSR count). The van der Waals surface area contributed by atoms with Gasteiger partial charge in [0.25, 0.3) is 5.91 Å². The summed E-state index contributed by atoms with van der Waals surface area (Å²) in [6, 6.07) is 10.0. The number of hydrogen-bond acceptors (Lipinski definition) is 6. The number of aromatic nitrogens is 1. The van der Waals surface area contributed by atoms with Crippen molar-refractivity contribution in [1.29, 1.82) is 0 Å². The summed E-state index contributed by atoms with van der Waals surface area (Å²) in [4.78, 5) is 31.4. The number of anilines is 1. The van der Waals surface area contributed by atoms with Crippen LogP contribution in [0.4, 0.5) is 18.9 Å². The van der Waals surface area contributed by atoms with Gasteiger partial charge in [-0.1, -0.05) is 12.1 Å². The van der Waals surface area contributed by atoms with Crippen LogP contribution < -0.4 is 9.64 Å². The molecule has 0 aliphatic carbocycles. The molecule has 0 bridgehead atoms. The van der Waals surface area contributed by atoms with E-state index in [0.717, 1.165) is 28.4 Å². The van der Waals surface area contributed by atoms with Gasteiger partial charge in [-0.2, -0.15) is 0 Å². The Hall–Kier alpha value is -3.66. The average molecular weight is 446 g/mol. The molecule has 1 N–H and O–H groups in total. The van der Waals surface area contributed by atoms with Gasteiger partial charge in [0.05, 0.1) is 16.5 Å². The quantitative estimate of drug-likeness (QED) is 0.569. The van der Waals surface area contributed by atoms with Crippen molar-refractivity contribution in [3.63, 3.8) is 0 Å². The van der Waals surface area contributed by atoms with E-state index in [-0.39, 0.29) is 11.3 Å². The van der Waals surface area contributed by atoms with Crippen molar-refractivity contribution in [3.05, 3.63) is 88.1 Å². The number of amides is 1. The van der Waals surface area contributed by atoms with Crippen LogP contribution >= 0.6 is 11.3 Å². The number of pyridine rings is 1. The first-order valence-electron chi connectivity index (χ1n) is 8.87. The molecule has 10 heteroatoms. The summed E-state index contributed by atoms with van der Waals surface area (Å²) >= 11 is 1.14. The number of nitrogens with zero attached hydrogens (tertiary/aromatic N) is 2. The van der Waals surface area contributed by atoms with Gasteiger partial charge in [0.15, 0.2) is 5.76 Å². The molecule has 1 aliphatic rings. The summed E-state index contributed by atoms with van der Waals surface area (Å²) in [7, 11) is 0. The highest BCUT2D eigenvalue weighted by molar-refractivity contribution is 7.12. The zero-order valence-corrected chi connectivity index (χ0v) is 16.4. The van der Waals surface area contributed by atoms with Gasteiger partial charge in [-0.15, -0.1) is 24.5 Å². The highest BCUT2D eigenvalue weighted by Crippen LogP contribution is 2.43. The lowest BCUT2D eigenvalue weighted by Crippen LogP contribution is -2.31. The van der Waals surface area contributed by atoms with Crippen molar-refractivity contribution in [3.8, 4) is 5.75 Å². The summed E-state index contributed by atoms with van der Waals surface area (Å²) in [5.41, 5.74) is 0.310. The lowest BCUT2D eigenvalue weighted by molar-refractivity contribution is -0.274. The zero-order chi connectivity index (χ0) is 22.2. The third-order valence-corrected chi connectivity index (χ3v) is 5.42. The largest absolute Gasteiger partial charge is 0.573 e. The molecule has 1 unspecified atom stereocenters. The summed E-state index contributed by atoms with van der Waals surface area (Å²) in [6.45, 7) is 0. The Bertz CT molecular complexity index is 1160. The van der Waals surface area contributed by atoms with Crippen LogP contribution in [-0.2, 0) is 4.79 Å². The number of ketones is 1. The Morgan fingerprint density at radius 2 is 1.87 bits per heavy atom. The van der Waals surface area contributed by atoms with Gasteiger partial charge >= 0.3 is 6.36 Å². The van der Waals surface area contributed by atoms with E-state index >= 15 is 0 Å². The Balaban J connectivity index is 1.82. The van der Waals surface area contributed by atoms with Gasteiger partial charge in [-0.25, -0.2) is 0 Å². The second kappa shape index (κ2) is 7.88. The van der Waals surface area contributed by atoms with Crippen molar-refractivity contribution >= 4 is 28.7 Å². The molecule has 0 fully saturated rings. The molecule has 3 aromatic rings. The molecular weight excluding hydrogens is 433 g/mol. The van der Waals surface area contributed by atoms with E-state index in [4.69, 9.17) is 0 Å².